The topological polar surface area (TPSA) is 118 Å². The van der Waals surface area contributed by atoms with E-state index in [1.165, 1.54) is 6.92 Å². The van der Waals surface area contributed by atoms with Gasteiger partial charge in [0.1, 0.15) is 0 Å². The molecule has 0 aromatic rings. The Morgan fingerprint density at radius 3 is 2.10 bits per heavy atom. The van der Waals surface area contributed by atoms with Gasteiger partial charge in [-0.15, -0.1) is 0 Å². The standard InChI is InChI=1S/C14H17F6NO7S2/c1-9(2)11(22)28-8-6-10-5-3-4-7-21(10)29(23,24)13(17,18)12(15,16)14(19,20)30(25,26)27/h6,8,10H,1,3-5,7H2,2H3,(H,25,26,27). The number of sulfonamides is 1. The third-order valence-electron chi connectivity index (χ3n) is 4.01. The minimum absolute atomic E-state index is 0.0774. The third-order valence-corrected chi connectivity index (χ3v) is 6.89. The maximum atomic E-state index is 14.2. The first-order chi connectivity index (χ1) is 13.3. The predicted molar refractivity (Wildman–Crippen MR) is 89.7 cm³/mol. The predicted octanol–water partition coefficient (Wildman–Crippen LogP) is 2.51. The van der Waals surface area contributed by atoms with Crippen LogP contribution >= 0.6 is 0 Å². The normalized spacial score (nSPS) is 20.3. The zero-order chi connectivity index (χ0) is 23.8. The SMILES string of the molecule is C=C(C)C(=O)OC=CC1CCCCN1S(=O)(=O)C(F)(F)C(F)(F)C(F)(F)S(=O)(=O)O. The number of ether oxygens (including phenoxy) is 1. The van der Waals surface area contributed by atoms with Crippen LogP contribution in [0.15, 0.2) is 24.5 Å². The summed E-state index contributed by atoms with van der Waals surface area (Å²) in [5.74, 6) is -7.99. The lowest BCUT2D eigenvalue weighted by atomic mass is 10.1. The summed E-state index contributed by atoms with van der Waals surface area (Å²) in [6, 6.07) is -1.59. The molecule has 0 aromatic heterocycles. The molecule has 30 heavy (non-hydrogen) atoms. The number of rotatable bonds is 8. The molecular formula is C14H17F6NO7S2. The van der Waals surface area contributed by atoms with E-state index in [0.29, 0.717) is 6.26 Å². The van der Waals surface area contributed by atoms with Crippen LogP contribution in [0.2, 0.25) is 0 Å². The van der Waals surface area contributed by atoms with Gasteiger partial charge in [-0.1, -0.05) is 13.0 Å². The van der Waals surface area contributed by atoms with Gasteiger partial charge in [0.2, 0.25) is 0 Å². The van der Waals surface area contributed by atoms with Crippen molar-refractivity contribution >= 4 is 26.1 Å². The second-order valence-corrected chi connectivity index (χ2v) is 9.67. The van der Waals surface area contributed by atoms with Gasteiger partial charge in [0, 0.05) is 18.2 Å². The first kappa shape index (κ1) is 26.4. The summed E-state index contributed by atoms with van der Waals surface area (Å²) in [5, 5.41) is -13.4. The lowest BCUT2D eigenvalue weighted by molar-refractivity contribution is -0.247. The van der Waals surface area contributed by atoms with E-state index in [9.17, 15) is 48.0 Å². The lowest BCUT2D eigenvalue weighted by Gasteiger charge is -2.38. The van der Waals surface area contributed by atoms with Crippen molar-refractivity contribution in [2.75, 3.05) is 6.54 Å². The van der Waals surface area contributed by atoms with E-state index in [1.807, 2.05) is 0 Å². The van der Waals surface area contributed by atoms with Crippen molar-refractivity contribution in [3.8, 4) is 0 Å². The van der Waals surface area contributed by atoms with Crippen LogP contribution in [0.4, 0.5) is 26.3 Å². The Balaban J connectivity index is 3.35. The Morgan fingerprint density at radius 1 is 1.10 bits per heavy atom. The van der Waals surface area contributed by atoms with Crippen molar-refractivity contribution in [1.82, 2.24) is 4.31 Å². The Hall–Kier alpha value is -1.65. The summed E-state index contributed by atoms with van der Waals surface area (Å²) in [6.07, 6.45) is 1.24. The Bertz CT molecular complexity index is 930. The summed E-state index contributed by atoms with van der Waals surface area (Å²) < 4.78 is 140. The van der Waals surface area contributed by atoms with Crippen LogP contribution in [0.25, 0.3) is 0 Å². The highest BCUT2D eigenvalue weighted by Gasteiger charge is 2.82. The fourth-order valence-electron chi connectivity index (χ4n) is 2.35. The zero-order valence-electron chi connectivity index (χ0n) is 15.2. The van der Waals surface area contributed by atoms with Crippen LogP contribution < -0.4 is 0 Å². The van der Waals surface area contributed by atoms with Crippen molar-refractivity contribution in [1.29, 1.82) is 0 Å². The van der Waals surface area contributed by atoms with Crippen LogP contribution in [0.1, 0.15) is 26.2 Å². The smallest absolute Gasteiger partial charge is 0.431 e. The number of hydrogen-bond donors (Lipinski definition) is 1. The minimum atomic E-state index is -7.11. The molecule has 8 nitrogen and oxygen atoms in total. The molecule has 0 spiro atoms. The van der Waals surface area contributed by atoms with E-state index in [4.69, 9.17) is 4.55 Å². The summed E-state index contributed by atoms with van der Waals surface area (Å²) in [5.41, 5.74) is -0.0774. The van der Waals surface area contributed by atoms with Crippen molar-refractivity contribution in [3.63, 3.8) is 0 Å². The molecule has 16 heteroatoms. The van der Waals surface area contributed by atoms with Crippen molar-refractivity contribution < 1.29 is 57.3 Å². The number of esters is 1. The third kappa shape index (κ3) is 4.50. The molecule has 1 N–H and O–H groups in total. The molecule has 0 bridgehead atoms. The number of piperidine rings is 1. The fourth-order valence-corrected chi connectivity index (χ4v) is 4.52. The Morgan fingerprint density at radius 2 is 1.63 bits per heavy atom. The van der Waals surface area contributed by atoms with Crippen LogP contribution in [0.3, 0.4) is 0 Å². The molecule has 1 atom stereocenters. The van der Waals surface area contributed by atoms with E-state index >= 15 is 0 Å². The van der Waals surface area contributed by atoms with Gasteiger partial charge >= 0.3 is 32.5 Å². The van der Waals surface area contributed by atoms with Gasteiger partial charge in [0.15, 0.2) is 0 Å². The van der Waals surface area contributed by atoms with Gasteiger partial charge in [-0.3, -0.25) is 4.55 Å². The molecule has 1 rings (SSSR count). The van der Waals surface area contributed by atoms with Crippen molar-refractivity contribution in [2.45, 2.75) is 48.7 Å². The maximum Gasteiger partial charge on any atom is 0.439 e. The number of hydrogen-bond acceptors (Lipinski definition) is 6. The molecule has 174 valence electrons. The first-order valence-corrected chi connectivity index (χ1v) is 10.9. The van der Waals surface area contributed by atoms with E-state index in [1.54, 1.807) is 0 Å². The molecule has 1 aliphatic heterocycles. The fraction of sp³-hybridized carbons (Fsp3) is 0.643. The van der Waals surface area contributed by atoms with Gasteiger partial charge in [-0.25, -0.2) is 13.2 Å². The second-order valence-electron chi connectivity index (χ2n) is 6.28. The summed E-state index contributed by atoms with van der Waals surface area (Å²) in [7, 11) is -13.7. The quantitative estimate of drug-likeness (QED) is 0.183. The minimum Gasteiger partial charge on any atom is -0.431 e. The van der Waals surface area contributed by atoms with Crippen LogP contribution in [0, 0.1) is 0 Å². The maximum absolute atomic E-state index is 14.2. The molecule has 1 saturated heterocycles. The Labute approximate surface area is 168 Å². The Kier molecular flexibility index (Phi) is 7.45. The summed E-state index contributed by atoms with van der Waals surface area (Å²) in [6.45, 7) is 3.70. The van der Waals surface area contributed by atoms with Gasteiger partial charge in [-0.2, -0.15) is 39.1 Å². The van der Waals surface area contributed by atoms with Gasteiger partial charge in [0.25, 0.3) is 10.0 Å². The summed E-state index contributed by atoms with van der Waals surface area (Å²) in [4.78, 5) is 11.3. The van der Waals surface area contributed by atoms with E-state index in [-0.39, 0.29) is 29.1 Å². The average molecular weight is 489 g/mol. The highest BCUT2D eigenvalue weighted by Crippen LogP contribution is 2.51. The lowest BCUT2D eigenvalue weighted by Crippen LogP contribution is -2.64. The monoisotopic (exact) mass is 489 g/mol. The summed E-state index contributed by atoms with van der Waals surface area (Å²) >= 11 is 0. The highest BCUT2D eigenvalue weighted by molar-refractivity contribution is 7.90. The average Bonchev–Trinajstić information content (AvgIpc) is 2.60. The van der Waals surface area contributed by atoms with Crippen LogP contribution in [-0.4, -0.2) is 60.7 Å². The van der Waals surface area contributed by atoms with Gasteiger partial charge in [0.05, 0.1) is 6.26 Å². The van der Waals surface area contributed by atoms with E-state index in [0.717, 1.165) is 6.08 Å². The number of halogens is 6. The molecule has 1 aliphatic rings. The number of carbonyl (C=O) groups excluding carboxylic acids is 1. The number of nitrogens with zero attached hydrogens (tertiary/aromatic N) is 1. The molecule has 0 aliphatic carbocycles. The number of alkyl halides is 6. The highest BCUT2D eigenvalue weighted by atomic mass is 32.2. The number of carbonyl (C=O) groups is 1. The van der Waals surface area contributed by atoms with E-state index < -0.39 is 55.1 Å². The molecule has 1 heterocycles. The van der Waals surface area contributed by atoms with Gasteiger partial charge in [-0.05, 0) is 25.8 Å². The molecule has 0 radical (unpaired) electrons. The molecule has 1 fully saturated rings. The molecule has 0 aromatic carbocycles. The van der Waals surface area contributed by atoms with Gasteiger partial charge < -0.3 is 4.74 Å². The zero-order valence-corrected chi connectivity index (χ0v) is 16.8. The van der Waals surface area contributed by atoms with Crippen LogP contribution in [0.5, 0.6) is 0 Å². The van der Waals surface area contributed by atoms with Crippen LogP contribution in [-0.2, 0) is 29.7 Å². The molecule has 1 unspecified atom stereocenters. The molecular weight excluding hydrogens is 472 g/mol. The second kappa shape index (κ2) is 8.47. The van der Waals surface area contributed by atoms with E-state index in [2.05, 4.69) is 11.3 Å². The largest absolute Gasteiger partial charge is 0.439 e. The first-order valence-electron chi connectivity index (χ1n) is 7.97. The molecule has 0 amide bonds. The van der Waals surface area contributed by atoms with Crippen molar-refractivity contribution in [3.05, 3.63) is 24.5 Å². The van der Waals surface area contributed by atoms with Crippen molar-refractivity contribution in [2.24, 2.45) is 0 Å². The molecule has 0 saturated carbocycles.